The van der Waals surface area contributed by atoms with E-state index in [1.54, 1.807) is 0 Å². The molecule has 0 aromatic carbocycles. The molecular formula is C18H30N4O2. The fourth-order valence-electron chi connectivity index (χ4n) is 4.64. The van der Waals surface area contributed by atoms with Crippen LogP contribution in [0.3, 0.4) is 0 Å². The average molecular weight is 334 g/mol. The number of ether oxygens (including phenoxy) is 1. The van der Waals surface area contributed by atoms with Crippen LogP contribution in [0.2, 0.25) is 0 Å². The Bertz CT molecular complexity index is 513. The Hall–Kier alpha value is -0.980. The molecule has 1 aromatic heterocycles. The lowest BCUT2D eigenvalue weighted by molar-refractivity contribution is 0.0327. The van der Waals surface area contributed by atoms with Gasteiger partial charge in [-0.05, 0) is 51.1 Å². The highest BCUT2D eigenvalue weighted by molar-refractivity contribution is 4.91. The van der Waals surface area contributed by atoms with E-state index in [1.807, 2.05) is 0 Å². The number of aryl methyl sites for hydroxylation is 1. The zero-order chi connectivity index (χ0) is 16.2. The second kappa shape index (κ2) is 7.93. The molecule has 2 atom stereocenters. The number of fused-ring (bicyclic) bond motifs is 1. The van der Waals surface area contributed by atoms with Gasteiger partial charge in [-0.15, -0.1) is 0 Å². The zero-order valence-corrected chi connectivity index (χ0v) is 14.7. The third kappa shape index (κ3) is 3.98. The van der Waals surface area contributed by atoms with Gasteiger partial charge in [-0.2, -0.15) is 4.98 Å². The summed E-state index contributed by atoms with van der Waals surface area (Å²) >= 11 is 0. The molecule has 3 aliphatic heterocycles. The average Bonchev–Trinajstić information content (AvgIpc) is 3.08. The largest absolute Gasteiger partial charge is 0.379 e. The molecule has 3 aliphatic rings. The van der Waals surface area contributed by atoms with Gasteiger partial charge in [-0.25, -0.2) is 0 Å². The third-order valence-electron chi connectivity index (χ3n) is 5.94. The van der Waals surface area contributed by atoms with E-state index in [0.717, 1.165) is 62.9 Å². The third-order valence-corrected chi connectivity index (χ3v) is 5.94. The second-order valence-electron chi connectivity index (χ2n) is 7.53. The Balaban J connectivity index is 1.28. The monoisotopic (exact) mass is 334 g/mol. The smallest absolute Gasteiger partial charge is 0.226 e. The number of piperidine rings is 2. The van der Waals surface area contributed by atoms with Crippen LogP contribution in [-0.2, 0) is 17.7 Å². The van der Waals surface area contributed by atoms with Crippen LogP contribution < -0.4 is 0 Å². The van der Waals surface area contributed by atoms with Gasteiger partial charge in [0.15, 0.2) is 5.82 Å². The summed E-state index contributed by atoms with van der Waals surface area (Å²) in [6.07, 6.45) is 9.03. The van der Waals surface area contributed by atoms with Crippen LogP contribution in [0.4, 0.5) is 0 Å². The minimum Gasteiger partial charge on any atom is -0.379 e. The predicted octanol–water partition coefficient (Wildman–Crippen LogP) is 2.10. The first-order valence-corrected chi connectivity index (χ1v) is 9.74. The second-order valence-corrected chi connectivity index (χ2v) is 7.53. The molecular weight excluding hydrogens is 304 g/mol. The van der Waals surface area contributed by atoms with Gasteiger partial charge in [0, 0.05) is 25.6 Å². The van der Waals surface area contributed by atoms with Crippen LogP contribution in [0.1, 0.15) is 50.2 Å². The van der Waals surface area contributed by atoms with Crippen molar-refractivity contribution >= 4 is 0 Å². The van der Waals surface area contributed by atoms with Crippen molar-refractivity contribution in [3.8, 4) is 0 Å². The Morgan fingerprint density at radius 2 is 1.88 bits per heavy atom. The highest BCUT2D eigenvalue weighted by Crippen LogP contribution is 2.33. The molecule has 3 fully saturated rings. The summed E-state index contributed by atoms with van der Waals surface area (Å²) in [5.41, 5.74) is 0. The van der Waals surface area contributed by atoms with Crippen LogP contribution in [0, 0.1) is 5.92 Å². The number of hydrogen-bond acceptors (Lipinski definition) is 6. The number of rotatable bonds is 5. The molecule has 0 aliphatic carbocycles. The van der Waals surface area contributed by atoms with E-state index in [1.165, 1.54) is 51.6 Å². The van der Waals surface area contributed by atoms with Gasteiger partial charge in [0.25, 0.3) is 0 Å². The van der Waals surface area contributed by atoms with Gasteiger partial charge in [0.2, 0.25) is 5.89 Å². The van der Waals surface area contributed by atoms with Gasteiger partial charge in [0.05, 0.1) is 19.8 Å². The van der Waals surface area contributed by atoms with Crippen molar-refractivity contribution in [3.05, 3.63) is 11.7 Å². The lowest BCUT2D eigenvalue weighted by atomic mass is 9.81. The summed E-state index contributed by atoms with van der Waals surface area (Å²) in [6, 6.07) is 0.809. The van der Waals surface area contributed by atoms with Crippen molar-refractivity contribution in [1.82, 2.24) is 19.9 Å². The van der Waals surface area contributed by atoms with Gasteiger partial charge in [-0.1, -0.05) is 11.6 Å². The standard InChI is InChI=1S/C18H30N4O2/c1-2-8-22-9-3-4-15(16(22)5-1)6-7-18-19-17(20-24-18)14-21-10-12-23-13-11-21/h15-16H,1-14H2/t15-,16+/m0/s1. The normalized spacial score (nSPS) is 29.5. The molecule has 0 N–H and O–H groups in total. The van der Waals surface area contributed by atoms with Crippen LogP contribution in [0.5, 0.6) is 0 Å². The van der Waals surface area contributed by atoms with Gasteiger partial charge < -0.3 is 14.2 Å². The highest BCUT2D eigenvalue weighted by atomic mass is 16.5. The first-order valence-electron chi connectivity index (χ1n) is 9.74. The van der Waals surface area contributed by atoms with Crippen molar-refractivity contribution in [2.45, 2.75) is 57.5 Å². The van der Waals surface area contributed by atoms with Crippen molar-refractivity contribution in [2.24, 2.45) is 5.92 Å². The molecule has 4 rings (SSSR count). The zero-order valence-electron chi connectivity index (χ0n) is 14.7. The van der Waals surface area contributed by atoms with E-state index in [9.17, 15) is 0 Å². The maximum atomic E-state index is 5.50. The summed E-state index contributed by atoms with van der Waals surface area (Å²) in [7, 11) is 0. The molecule has 24 heavy (non-hydrogen) atoms. The topological polar surface area (TPSA) is 54.6 Å². The molecule has 3 saturated heterocycles. The molecule has 6 nitrogen and oxygen atoms in total. The van der Waals surface area contributed by atoms with E-state index in [-0.39, 0.29) is 0 Å². The minimum absolute atomic E-state index is 0.784. The van der Waals surface area contributed by atoms with Gasteiger partial charge >= 0.3 is 0 Å². The van der Waals surface area contributed by atoms with Crippen molar-refractivity contribution < 1.29 is 9.26 Å². The summed E-state index contributed by atoms with van der Waals surface area (Å²) in [4.78, 5) is 9.68. The molecule has 0 radical (unpaired) electrons. The Kier molecular flexibility index (Phi) is 5.45. The fraction of sp³-hybridized carbons (Fsp3) is 0.889. The van der Waals surface area contributed by atoms with E-state index in [0.29, 0.717) is 0 Å². The number of aromatic nitrogens is 2. The first-order chi connectivity index (χ1) is 11.9. The van der Waals surface area contributed by atoms with Crippen LogP contribution in [0.15, 0.2) is 4.52 Å². The Labute approximate surface area is 144 Å². The maximum Gasteiger partial charge on any atom is 0.226 e. The molecule has 6 heteroatoms. The molecule has 0 saturated carbocycles. The van der Waals surface area contributed by atoms with E-state index >= 15 is 0 Å². The lowest BCUT2D eigenvalue weighted by Crippen LogP contribution is -2.48. The Morgan fingerprint density at radius 3 is 2.79 bits per heavy atom. The molecule has 0 bridgehead atoms. The van der Waals surface area contributed by atoms with Gasteiger partial charge in [0.1, 0.15) is 0 Å². The van der Waals surface area contributed by atoms with E-state index in [4.69, 9.17) is 9.26 Å². The molecule has 1 aromatic rings. The van der Waals surface area contributed by atoms with Crippen LogP contribution >= 0.6 is 0 Å². The van der Waals surface area contributed by atoms with E-state index in [2.05, 4.69) is 19.9 Å². The number of morpholine rings is 1. The molecule has 4 heterocycles. The van der Waals surface area contributed by atoms with Crippen LogP contribution in [0.25, 0.3) is 0 Å². The van der Waals surface area contributed by atoms with Crippen molar-refractivity contribution in [1.29, 1.82) is 0 Å². The summed E-state index contributed by atoms with van der Waals surface area (Å²) in [5, 5.41) is 4.18. The van der Waals surface area contributed by atoms with Gasteiger partial charge in [-0.3, -0.25) is 4.90 Å². The maximum absolute atomic E-state index is 5.50. The quantitative estimate of drug-likeness (QED) is 0.822. The summed E-state index contributed by atoms with van der Waals surface area (Å²) < 4.78 is 10.9. The molecule has 0 amide bonds. The molecule has 0 unspecified atom stereocenters. The highest BCUT2D eigenvalue weighted by Gasteiger charge is 2.32. The first kappa shape index (κ1) is 16.5. The SMILES string of the molecule is C1CCN2CCC[C@@H](CCc3nc(CN4CCOCC4)no3)[C@H]2C1. The molecule has 134 valence electrons. The number of nitrogens with zero attached hydrogens (tertiary/aromatic N) is 4. The fourth-order valence-corrected chi connectivity index (χ4v) is 4.64. The van der Waals surface area contributed by atoms with Crippen molar-refractivity contribution in [2.75, 3.05) is 39.4 Å². The minimum atomic E-state index is 0.784. The number of hydrogen-bond donors (Lipinski definition) is 0. The van der Waals surface area contributed by atoms with Crippen LogP contribution in [-0.4, -0.2) is 65.4 Å². The van der Waals surface area contributed by atoms with Crippen molar-refractivity contribution in [3.63, 3.8) is 0 Å². The molecule has 0 spiro atoms. The summed E-state index contributed by atoms with van der Waals surface area (Å²) in [6.45, 7) is 6.95. The summed E-state index contributed by atoms with van der Waals surface area (Å²) in [5.74, 6) is 2.47. The predicted molar refractivity (Wildman–Crippen MR) is 90.7 cm³/mol. The van der Waals surface area contributed by atoms with E-state index < -0.39 is 0 Å². The lowest BCUT2D eigenvalue weighted by Gasteiger charge is -2.44. The Morgan fingerprint density at radius 1 is 1.00 bits per heavy atom.